The monoisotopic (exact) mass is 390 g/mol. The molecule has 0 heterocycles. The van der Waals surface area contributed by atoms with Gasteiger partial charge < -0.3 is 9.47 Å². The van der Waals surface area contributed by atoms with Crippen LogP contribution in [0.25, 0.3) is 10.8 Å². The zero-order valence-corrected chi connectivity index (χ0v) is 17.8. The number of ether oxygens (including phenoxy) is 2. The zero-order chi connectivity index (χ0) is 19.3. The van der Waals surface area contributed by atoms with E-state index in [1.165, 1.54) is 48.4 Å². The number of fused-ring (bicyclic) bond motifs is 1. The molecule has 0 atom stereocenters. The molecule has 0 aliphatic heterocycles. The highest BCUT2D eigenvalue weighted by atomic mass is 35.5. The summed E-state index contributed by atoms with van der Waals surface area (Å²) < 4.78 is 11.9. The molecule has 0 N–H and O–H groups in total. The van der Waals surface area contributed by atoms with E-state index in [2.05, 4.69) is 44.2 Å². The highest BCUT2D eigenvalue weighted by Gasteiger charge is 2.06. The second kappa shape index (κ2) is 12.9. The Hall–Kier alpha value is -1.41. The third-order valence-corrected chi connectivity index (χ3v) is 5.28. The summed E-state index contributed by atoms with van der Waals surface area (Å²) in [6.07, 6.45) is 11.0. The molecule has 0 radical (unpaired) electrons. The van der Waals surface area contributed by atoms with Crippen LogP contribution in [0.1, 0.15) is 70.3 Å². The fraction of sp³-hybridized carbons (Fsp3) is 0.583. The number of hydrogen-bond acceptors (Lipinski definition) is 2. The van der Waals surface area contributed by atoms with Gasteiger partial charge in [0.25, 0.3) is 0 Å². The van der Waals surface area contributed by atoms with Crippen molar-refractivity contribution in [2.75, 3.05) is 19.1 Å². The molecular weight excluding hydrogens is 356 g/mol. The molecule has 3 heteroatoms. The van der Waals surface area contributed by atoms with E-state index in [1.807, 2.05) is 0 Å². The lowest BCUT2D eigenvalue weighted by atomic mass is 10.0. The van der Waals surface area contributed by atoms with Crippen molar-refractivity contribution in [3.63, 3.8) is 0 Å². The molecule has 0 aliphatic carbocycles. The molecule has 2 aromatic carbocycles. The van der Waals surface area contributed by atoms with Crippen molar-refractivity contribution < 1.29 is 9.47 Å². The minimum absolute atomic E-state index is 0.734. The highest BCUT2D eigenvalue weighted by Crippen LogP contribution is 2.30. The van der Waals surface area contributed by atoms with E-state index in [0.29, 0.717) is 0 Å². The molecular formula is C24H35ClO2. The fourth-order valence-corrected chi connectivity index (χ4v) is 3.51. The minimum atomic E-state index is 0.734. The molecule has 0 saturated carbocycles. The van der Waals surface area contributed by atoms with Crippen LogP contribution in [-0.4, -0.2) is 19.1 Å². The third kappa shape index (κ3) is 7.62. The molecule has 150 valence electrons. The third-order valence-electron chi connectivity index (χ3n) is 5.01. The van der Waals surface area contributed by atoms with Crippen molar-refractivity contribution in [2.45, 2.75) is 71.6 Å². The molecule has 0 aliphatic rings. The van der Waals surface area contributed by atoms with Gasteiger partial charge >= 0.3 is 0 Å². The zero-order valence-electron chi connectivity index (χ0n) is 17.1. The number of rotatable bonds is 14. The average molecular weight is 391 g/mol. The van der Waals surface area contributed by atoms with Crippen molar-refractivity contribution in [2.24, 2.45) is 0 Å². The van der Waals surface area contributed by atoms with Crippen molar-refractivity contribution in [3.05, 3.63) is 35.9 Å². The Balaban J connectivity index is 1.83. The number of alkyl halides is 1. The highest BCUT2D eigenvalue weighted by molar-refractivity contribution is 6.17. The van der Waals surface area contributed by atoms with Gasteiger partial charge in [0.1, 0.15) is 11.5 Å². The predicted octanol–water partition coefficient (Wildman–Crippen LogP) is 7.68. The lowest BCUT2D eigenvalue weighted by Crippen LogP contribution is -2.00. The molecule has 0 fully saturated rings. The number of benzene rings is 2. The van der Waals surface area contributed by atoms with Crippen LogP contribution >= 0.6 is 11.6 Å². The van der Waals surface area contributed by atoms with Crippen molar-refractivity contribution in [3.8, 4) is 11.5 Å². The maximum Gasteiger partial charge on any atom is 0.122 e. The van der Waals surface area contributed by atoms with Crippen LogP contribution in [0.3, 0.4) is 0 Å². The molecule has 2 rings (SSSR count). The first-order valence-electron chi connectivity index (χ1n) is 10.6. The summed E-state index contributed by atoms with van der Waals surface area (Å²) in [6.45, 7) is 5.94. The van der Waals surface area contributed by atoms with Crippen molar-refractivity contribution in [1.29, 1.82) is 0 Å². The Kier molecular flexibility index (Phi) is 10.4. The van der Waals surface area contributed by atoms with E-state index in [0.717, 1.165) is 56.3 Å². The second-order valence-corrected chi connectivity index (χ2v) is 7.66. The second-order valence-electron chi connectivity index (χ2n) is 7.29. The van der Waals surface area contributed by atoms with Gasteiger partial charge in [-0.3, -0.25) is 0 Å². The smallest absolute Gasteiger partial charge is 0.122 e. The van der Waals surface area contributed by atoms with Gasteiger partial charge in [0.15, 0.2) is 0 Å². The standard InChI is InChI=1S/C24H35ClO2/c1-3-4-5-6-7-10-17-26-22-13-14-23-20(2)24(15-12-21(23)19-22)27-18-11-8-9-16-25/h12-15,19H,3-11,16-18H2,1-2H3. The summed E-state index contributed by atoms with van der Waals surface area (Å²) in [7, 11) is 0. The normalized spacial score (nSPS) is 11.1. The molecule has 0 spiro atoms. The van der Waals surface area contributed by atoms with Crippen molar-refractivity contribution in [1.82, 2.24) is 0 Å². The van der Waals surface area contributed by atoms with Crippen LogP contribution in [0.15, 0.2) is 30.3 Å². The van der Waals surface area contributed by atoms with Gasteiger partial charge in [-0.2, -0.15) is 0 Å². The Labute approximate surface area is 170 Å². The Bertz CT molecular complexity index is 669. The number of aryl methyl sites for hydroxylation is 1. The lowest BCUT2D eigenvalue weighted by Gasteiger charge is -2.13. The summed E-state index contributed by atoms with van der Waals surface area (Å²) in [6, 6.07) is 10.6. The van der Waals surface area contributed by atoms with E-state index < -0.39 is 0 Å². The Morgan fingerprint density at radius 1 is 0.778 bits per heavy atom. The van der Waals surface area contributed by atoms with E-state index in [1.54, 1.807) is 0 Å². The first kappa shape index (κ1) is 21.9. The quantitative estimate of drug-likeness (QED) is 0.243. The number of unbranched alkanes of at least 4 members (excludes halogenated alkanes) is 7. The molecule has 2 nitrogen and oxygen atoms in total. The number of halogens is 1. The average Bonchev–Trinajstić information content (AvgIpc) is 2.68. The van der Waals surface area contributed by atoms with Gasteiger partial charge in [0.2, 0.25) is 0 Å². The molecule has 0 aromatic heterocycles. The van der Waals surface area contributed by atoms with Gasteiger partial charge in [-0.1, -0.05) is 51.2 Å². The summed E-state index contributed by atoms with van der Waals surface area (Å²) in [5.74, 6) is 2.68. The first-order chi connectivity index (χ1) is 13.3. The number of hydrogen-bond donors (Lipinski definition) is 0. The Morgan fingerprint density at radius 3 is 2.26 bits per heavy atom. The van der Waals surface area contributed by atoms with Crippen LogP contribution in [0.4, 0.5) is 0 Å². The maximum atomic E-state index is 5.97. The van der Waals surface area contributed by atoms with Crippen LogP contribution < -0.4 is 9.47 Å². The fourth-order valence-electron chi connectivity index (χ4n) is 3.32. The van der Waals surface area contributed by atoms with E-state index >= 15 is 0 Å². The summed E-state index contributed by atoms with van der Waals surface area (Å²) in [4.78, 5) is 0. The van der Waals surface area contributed by atoms with Gasteiger partial charge in [0.05, 0.1) is 13.2 Å². The van der Waals surface area contributed by atoms with Crippen LogP contribution in [0.5, 0.6) is 11.5 Å². The summed E-state index contributed by atoms with van der Waals surface area (Å²) in [5.41, 5.74) is 1.20. The van der Waals surface area contributed by atoms with E-state index in [9.17, 15) is 0 Å². The SMILES string of the molecule is CCCCCCCCOc1ccc2c(C)c(OCCCCCCl)ccc2c1. The van der Waals surface area contributed by atoms with Crippen LogP contribution in [-0.2, 0) is 0 Å². The first-order valence-corrected chi connectivity index (χ1v) is 11.1. The molecule has 0 bridgehead atoms. The van der Waals surface area contributed by atoms with Crippen LogP contribution in [0, 0.1) is 6.92 Å². The molecule has 0 unspecified atom stereocenters. The molecule has 0 saturated heterocycles. The minimum Gasteiger partial charge on any atom is -0.494 e. The van der Waals surface area contributed by atoms with Gasteiger partial charge in [-0.15, -0.1) is 11.6 Å². The van der Waals surface area contributed by atoms with Crippen LogP contribution in [0.2, 0.25) is 0 Å². The van der Waals surface area contributed by atoms with Gasteiger partial charge in [-0.05, 0) is 67.1 Å². The summed E-state index contributed by atoms with van der Waals surface area (Å²) >= 11 is 5.72. The maximum absolute atomic E-state index is 5.97. The largest absolute Gasteiger partial charge is 0.494 e. The molecule has 27 heavy (non-hydrogen) atoms. The van der Waals surface area contributed by atoms with Gasteiger partial charge in [0, 0.05) is 5.88 Å². The van der Waals surface area contributed by atoms with E-state index in [4.69, 9.17) is 21.1 Å². The summed E-state index contributed by atoms with van der Waals surface area (Å²) in [5, 5.41) is 2.45. The molecule has 2 aromatic rings. The molecule has 0 amide bonds. The topological polar surface area (TPSA) is 18.5 Å². The Morgan fingerprint density at radius 2 is 1.48 bits per heavy atom. The van der Waals surface area contributed by atoms with Crippen molar-refractivity contribution >= 4 is 22.4 Å². The lowest BCUT2D eigenvalue weighted by molar-refractivity contribution is 0.304. The van der Waals surface area contributed by atoms with E-state index in [-0.39, 0.29) is 0 Å². The van der Waals surface area contributed by atoms with Gasteiger partial charge in [-0.25, -0.2) is 0 Å². The predicted molar refractivity (Wildman–Crippen MR) is 118 cm³/mol.